The molecule has 0 unspecified atom stereocenters. The first kappa shape index (κ1) is 14.3. The van der Waals surface area contributed by atoms with Crippen molar-refractivity contribution in [3.63, 3.8) is 0 Å². The summed E-state index contributed by atoms with van der Waals surface area (Å²) in [5.41, 5.74) is 1.99. The molecule has 1 aromatic carbocycles. The van der Waals surface area contributed by atoms with Crippen LogP contribution in [0.3, 0.4) is 0 Å². The Balaban J connectivity index is 2.81. The van der Waals surface area contributed by atoms with Crippen LogP contribution in [0.5, 0.6) is 0 Å². The molecule has 0 aliphatic heterocycles. The molecule has 0 bridgehead atoms. The smallest absolute Gasteiger partial charge is 0.300 e. The Morgan fingerprint density at radius 3 is 2.06 bits per heavy atom. The molecule has 1 aromatic rings. The highest BCUT2D eigenvalue weighted by Gasteiger charge is 2.16. The lowest BCUT2D eigenvalue weighted by Gasteiger charge is -2.17. The van der Waals surface area contributed by atoms with Crippen molar-refractivity contribution in [2.24, 2.45) is 0 Å². The molecular formula is C11H17ClN2O2S. The lowest BCUT2D eigenvalue weighted by Crippen LogP contribution is -2.26. The van der Waals surface area contributed by atoms with Crippen LogP contribution in [0.25, 0.3) is 0 Å². The zero-order valence-electron chi connectivity index (χ0n) is 10.2. The van der Waals surface area contributed by atoms with Gasteiger partial charge in [0, 0.05) is 43.6 Å². The van der Waals surface area contributed by atoms with Gasteiger partial charge in [-0.05, 0) is 17.7 Å². The van der Waals surface area contributed by atoms with Gasteiger partial charge in [0.2, 0.25) is 0 Å². The standard InChI is InChI=1S/C11H17ClN2O2S/c1-4-14(17(12,15)16)9-10-5-7-11(8-6-10)13(2)3/h5-8H,4,9H2,1-3H3. The van der Waals surface area contributed by atoms with Crippen LogP contribution in [0.15, 0.2) is 24.3 Å². The molecule has 0 amide bonds. The molecule has 0 aliphatic rings. The van der Waals surface area contributed by atoms with E-state index in [1.165, 1.54) is 4.31 Å². The molecule has 0 heterocycles. The van der Waals surface area contributed by atoms with E-state index in [4.69, 9.17) is 10.7 Å². The maximum atomic E-state index is 11.2. The number of nitrogens with zero attached hydrogens (tertiary/aromatic N) is 2. The fourth-order valence-electron chi connectivity index (χ4n) is 1.45. The molecule has 17 heavy (non-hydrogen) atoms. The number of benzene rings is 1. The van der Waals surface area contributed by atoms with Crippen molar-refractivity contribution < 1.29 is 8.42 Å². The third-order valence-corrected chi connectivity index (χ3v) is 4.06. The van der Waals surface area contributed by atoms with Crippen LogP contribution in [0, 0.1) is 0 Å². The van der Waals surface area contributed by atoms with Crippen molar-refractivity contribution in [3.8, 4) is 0 Å². The minimum atomic E-state index is -3.64. The highest BCUT2D eigenvalue weighted by molar-refractivity contribution is 8.11. The molecule has 4 nitrogen and oxygen atoms in total. The van der Waals surface area contributed by atoms with Gasteiger partial charge in [-0.15, -0.1) is 0 Å². The zero-order chi connectivity index (χ0) is 13.1. The van der Waals surface area contributed by atoms with Crippen LogP contribution in [0.1, 0.15) is 12.5 Å². The van der Waals surface area contributed by atoms with Gasteiger partial charge < -0.3 is 4.90 Å². The third-order valence-electron chi connectivity index (χ3n) is 2.47. The van der Waals surface area contributed by atoms with Gasteiger partial charge >= 0.3 is 0 Å². The second-order valence-electron chi connectivity index (χ2n) is 3.93. The monoisotopic (exact) mass is 276 g/mol. The predicted molar refractivity (Wildman–Crippen MR) is 71.6 cm³/mol. The first-order chi connectivity index (χ1) is 7.84. The van der Waals surface area contributed by atoms with E-state index in [-0.39, 0.29) is 0 Å². The van der Waals surface area contributed by atoms with Gasteiger partial charge in [-0.25, -0.2) is 0 Å². The van der Waals surface area contributed by atoms with Crippen LogP contribution >= 0.6 is 10.7 Å². The summed E-state index contributed by atoms with van der Waals surface area (Å²) in [5.74, 6) is 0. The summed E-state index contributed by atoms with van der Waals surface area (Å²) in [6.45, 7) is 2.42. The first-order valence-corrected chi connectivity index (χ1v) is 7.57. The van der Waals surface area contributed by atoms with E-state index in [0.717, 1.165) is 11.3 Å². The summed E-state index contributed by atoms with van der Waals surface area (Å²) >= 11 is 0. The Labute approximate surface area is 107 Å². The molecule has 0 aromatic heterocycles. The molecule has 0 radical (unpaired) electrons. The Hall–Kier alpha value is -0.780. The Kier molecular flexibility index (Phi) is 4.80. The summed E-state index contributed by atoms with van der Waals surface area (Å²) < 4.78 is 23.7. The molecule has 0 fully saturated rings. The molecule has 0 N–H and O–H groups in total. The zero-order valence-corrected chi connectivity index (χ0v) is 11.8. The summed E-state index contributed by atoms with van der Waals surface area (Å²) in [7, 11) is 5.59. The fraction of sp³-hybridized carbons (Fsp3) is 0.455. The van der Waals surface area contributed by atoms with Crippen LogP contribution < -0.4 is 4.90 Å². The molecule has 1 rings (SSSR count). The van der Waals surface area contributed by atoms with Crippen molar-refractivity contribution in [1.82, 2.24) is 4.31 Å². The van der Waals surface area contributed by atoms with E-state index in [0.29, 0.717) is 13.1 Å². The SMILES string of the molecule is CCN(Cc1ccc(N(C)C)cc1)S(=O)(=O)Cl. The minimum Gasteiger partial charge on any atom is -0.378 e. The molecular weight excluding hydrogens is 260 g/mol. The fourth-order valence-corrected chi connectivity index (χ4v) is 2.50. The maximum Gasteiger partial charge on any atom is 0.300 e. The van der Waals surface area contributed by atoms with Crippen molar-refractivity contribution in [2.75, 3.05) is 25.5 Å². The quantitative estimate of drug-likeness (QED) is 0.773. The molecule has 0 spiro atoms. The van der Waals surface area contributed by atoms with Gasteiger partial charge in [-0.1, -0.05) is 19.1 Å². The predicted octanol–water partition coefficient (Wildman–Crippen LogP) is 2.06. The normalized spacial score (nSPS) is 11.8. The average Bonchev–Trinajstić information content (AvgIpc) is 2.24. The number of hydrogen-bond donors (Lipinski definition) is 0. The number of hydrogen-bond acceptors (Lipinski definition) is 3. The number of halogens is 1. The van der Waals surface area contributed by atoms with Crippen LogP contribution in [0.4, 0.5) is 5.69 Å². The van der Waals surface area contributed by atoms with Crippen LogP contribution in [-0.2, 0) is 15.8 Å². The first-order valence-electron chi connectivity index (χ1n) is 5.30. The molecule has 0 atom stereocenters. The van der Waals surface area contributed by atoms with Gasteiger partial charge in [-0.2, -0.15) is 12.7 Å². The second kappa shape index (κ2) is 5.71. The highest BCUT2D eigenvalue weighted by Crippen LogP contribution is 2.16. The molecule has 6 heteroatoms. The summed E-state index contributed by atoms with van der Waals surface area (Å²) in [4.78, 5) is 1.99. The van der Waals surface area contributed by atoms with Crippen molar-refractivity contribution in [1.29, 1.82) is 0 Å². The summed E-state index contributed by atoms with van der Waals surface area (Å²) in [6, 6.07) is 7.70. The topological polar surface area (TPSA) is 40.6 Å². The van der Waals surface area contributed by atoms with Crippen molar-refractivity contribution in [3.05, 3.63) is 29.8 Å². The molecule has 0 aliphatic carbocycles. The summed E-state index contributed by atoms with van der Waals surface area (Å²) in [5, 5.41) is 0. The van der Waals surface area contributed by atoms with E-state index >= 15 is 0 Å². The van der Waals surface area contributed by atoms with Crippen molar-refractivity contribution in [2.45, 2.75) is 13.5 Å². The number of anilines is 1. The maximum absolute atomic E-state index is 11.2. The van der Waals surface area contributed by atoms with Gasteiger partial charge in [0.05, 0.1) is 0 Å². The van der Waals surface area contributed by atoms with E-state index < -0.39 is 9.24 Å². The van der Waals surface area contributed by atoms with Crippen LogP contribution in [-0.4, -0.2) is 33.4 Å². The van der Waals surface area contributed by atoms with Crippen molar-refractivity contribution >= 4 is 25.6 Å². The van der Waals surface area contributed by atoms with E-state index in [2.05, 4.69) is 0 Å². The van der Waals surface area contributed by atoms with E-state index in [9.17, 15) is 8.42 Å². The van der Waals surface area contributed by atoms with E-state index in [1.807, 2.05) is 43.3 Å². The van der Waals surface area contributed by atoms with Crippen LogP contribution in [0.2, 0.25) is 0 Å². The average molecular weight is 277 g/mol. The highest BCUT2D eigenvalue weighted by atomic mass is 35.7. The lowest BCUT2D eigenvalue weighted by atomic mass is 10.2. The molecule has 96 valence electrons. The van der Waals surface area contributed by atoms with Gasteiger partial charge in [0.25, 0.3) is 9.24 Å². The van der Waals surface area contributed by atoms with Gasteiger partial charge in [-0.3, -0.25) is 0 Å². The minimum absolute atomic E-state index is 0.302. The van der Waals surface area contributed by atoms with Gasteiger partial charge in [0.15, 0.2) is 0 Å². The Bertz CT molecular complexity index is 457. The lowest BCUT2D eigenvalue weighted by molar-refractivity contribution is 0.435. The van der Waals surface area contributed by atoms with E-state index in [1.54, 1.807) is 6.92 Å². The largest absolute Gasteiger partial charge is 0.378 e. The molecule has 0 saturated heterocycles. The Morgan fingerprint density at radius 1 is 1.18 bits per heavy atom. The summed E-state index contributed by atoms with van der Waals surface area (Å²) in [6.07, 6.45) is 0. The number of rotatable bonds is 5. The molecule has 0 saturated carbocycles. The second-order valence-corrected chi connectivity index (χ2v) is 6.44. The Morgan fingerprint density at radius 2 is 1.71 bits per heavy atom. The third kappa shape index (κ3) is 4.18. The van der Waals surface area contributed by atoms with Gasteiger partial charge in [0.1, 0.15) is 0 Å².